The quantitative estimate of drug-likeness (QED) is 0.272. The van der Waals surface area contributed by atoms with E-state index in [9.17, 15) is 18.0 Å². The fourth-order valence-electron chi connectivity index (χ4n) is 5.93. The summed E-state index contributed by atoms with van der Waals surface area (Å²) in [5.41, 5.74) is 0.318. The standard InChI is InChI=1S/C29H36F4N6O2S/c1-3-21-5-4-8-39(21)16-23-25(19-13-18(2)14-20(15-19)29(31,32)33)36-28(42-23)37-26-24(30)27(35-17-34-26)38-9-6-22(7-10-38)41-12-11-40/h11,13-15,17,21-22,28,36H,3-10,12,16H2,1-2H3,(H,34,35,37). The van der Waals surface area contributed by atoms with Gasteiger partial charge in [-0.2, -0.15) is 17.6 Å². The summed E-state index contributed by atoms with van der Waals surface area (Å²) in [4.78, 5) is 24.0. The van der Waals surface area contributed by atoms with Crippen LogP contribution < -0.4 is 15.5 Å². The van der Waals surface area contributed by atoms with Crippen LogP contribution >= 0.6 is 11.8 Å². The van der Waals surface area contributed by atoms with Crippen molar-refractivity contribution in [1.29, 1.82) is 0 Å². The average molecular weight is 609 g/mol. The van der Waals surface area contributed by atoms with Crippen molar-refractivity contribution in [3.63, 3.8) is 0 Å². The summed E-state index contributed by atoms with van der Waals surface area (Å²) in [5.74, 6) is -0.408. The maximum absolute atomic E-state index is 15.7. The van der Waals surface area contributed by atoms with Crippen LogP contribution in [0.15, 0.2) is 29.4 Å². The van der Waals surface area contributed by atoms with Gasteiger partial charge in [-0.3, -0.25) is 4.90 Å². The highest BCUT2D eigenvalue weighted by molar-refractivity contribution is 8.04. The van der Waals surface area contributed by atoms with Crippen molar-refractivity contribution < 1.29 is 27.1 Å². The van der Waals surface area contributed by atoms with Crippen molar-refractivity contribution in [3.05, 3.63) is 51.9 Å². The first-order valence-electron chi connectivity index (χ1n) is 14.3. The number of aldehydes is 1. The van der Waals surface area contributed by atoms with Crippen molar-refractivity contribution in [2.24, 2.45) is 0 Å². The Morgan fingerprint density at radius 2 is 1.95 bits per heavy atom. The summed E-state index contributed by atoms with van der Waals surface area (Å²) in [6, 6.07) is 4.48. The molecule has 2 atom stereocenters. The number of likely N-dealkylation sites (tertiary alicyclic amines) is 1. The van der Waals surface area contributed by atoms with Gasteiger partial charge >= 0.3 is 6.18 Å². The minimum Gasteiger partial charge on any atom is -0.371 e. The van der Waals surface area contributed by atoms with E-state index in [4.69, 9.17) is 4.74 Å². The average Bonchev–Trinajstić information content (AvgIpc) is 3.59. The molecule has 2 saturated heterocycles. The van der Waals surface area contributed by atoms with Crippen molar-refractivity contribution >= 4 is 35.4 Å². The summed E-state index contributed by atoms with van der Waals surface area (Å²) in [7, 11) is 0. The largest absolute Gasteiger partial charge is 0.416 e. The lowest BCUT2D eigenvalue weighted by Gasteiger charge is -2.32. The van der Waals surface area contributed by atoms with E-state index in [-0.39, 0.29) is 24.3 Å². The number of nitrogens with zero attached hydrogens (tertiary/aromatic N) is 4. The van der Waals surface area contributed by atoms with E-state index in [0.29, 0.717) is 55.3 Å². The summed E-state index contributed by atoms with van der Waals surface area (Å²) in [5, 5.41) is 6.44. The van der Waals surface area contributed by atoms with Crippen LogP contribution in [-0.2, 0) is 15.7 Å². The minimum absolute atomic E-state index is 0.0118. The maximum atomic E-state index is 15.7. The number of alkyl halides is 3. The Hall–Kier alpha value is -2.90. The fourth-order valence-corrected chi connectivity index (χ4v) is 7.09. The number of benzene rings is 1. The first-order chi connectivity index (χ1) is 20.2. The minimum atomic E-state index is -4.47. The van der Waals surface area contributed by atoms with Crippen LogP contribution in [0.2, 0.25) is 0 Å². The lowest BCUT2D eigenvalue weighted by Crippen LogP contribution is -2.38. The van der Waals surface area contributed by atoms with Crippen LogP contribution in [0, 0.1) is 12.7 Å². The Balaban J connectivity index is 1.36. The van der Waals surface area contributed by atoms with Gasteiger partial charge in [-0.25, -0.2) is 9.97 Å². The van der Waals surface area contributed by atoms with Crippen LogP contribution in [0.5, 0.6) is 0 Å². The van der Waals surface area contributed by atoms with Crippen LogP contribution in [0.25, 0.3) is 5.70 Å². The molecular formula is C29H36F4N6O2S. The van der Waals surface area contributed by atoms with Gasteiger partial charge in [0.1, 0.15) is 19.2 Å². The molecule has 8 nitrogen and oxygen atoms in total. The zero-order valence-corrected chi connectivity index (χ0v) is 24.5. The maximum Gasteiger partial charge on any atom is 0.416 e. The second-order valence-electron chi connectivity index (χ2n) is 10.9. The molecule has 42 heavy (non-hydrogen) atoms. The third-order valence-corrected chi connectivity index (χ3v) is 9.09. The SMILES string of the molecule is CCC1CCCN1CC1=C(c2cc(C)cc(C(F)(F)F)c2)NC(Nc2ncnc(N3CCC(OCC=O)CC3)c2F)S1. The molecule has 3 aliphatic heterocycles. The highest BCUT2D eigenvalue weighted by atomic mass is 32.2. The van der Waals surface area contributed by atoms with Gasteiger partial charge in [0.15, 0.2) is 17.1 Å². The number of carbonyl (C=O) groups is 1. The van der Waals surface area contributed by atoms with E-state index in [1.165, 1.54) is 24.2 Å². The molecule has 13 heteroatoms. The molecule has 5 rings (SSSR count). The zero-order chi connectivity index (χ0) is 29.9. The molecule has 2 aromatic rings. The van der Waals surface area contributed by atoms with E-state index < -0.39 is 23.1 Å². The number of aromatic nitrogens is 2. The summed E-state index contributed by atoms with van der Waals surface area (Å²) in [6.07, 6.45) is 1.95. The van der Waals surface area contributed by atoms with Crippen molar-refractivity contribution in [3.8, 4) is 0 Å². The number of carbonyl (C=O) groups excluding carboxylic acids is 1. The molecule has 2 fully saturated rings. The van der Waals surface area contributed by atoms with Gasteiger partial charge < -0.3 is 25.1 Å². The molecular weight excluding hydrogens is 572 g/mol. The predicted molar refractivity (Wildman–Crippen MR) is 155 cm³/mol. The van der Waals surface area contributed by atoms with Gasteiger partial charge in [-0.15, -0.1) is 0 Å². The molecule has 3 aliphatic rings. The van der Waals surface area contributed by atoms with Gasteiger partial charge in [0.25, 0.3) is 0 Å². The van der Waals surface area contributed by atoms with Crippen molar-refractivity contribution in [2.45, 2.75) is 69.8 Å². The Morgan fingerprint density at radius 1 is 1.17 bits per heavy atom. The Kier molecular flexibility index (Phi) is 9.58. The van der Waals surface area contributed by atoms with Gasteiger partial charge in [0, 0.05) is 30.6 Å². The van der Waals surface area contributed by atoms with E-state index >= 15 is 4.39 Å². The first kappa shape index (κ1) is 30.6. The van der Waals surface area contributed by atoms with Crippen LogP contribution in [0.1, 0.15) is 55.7 Å². The third-order valence-electron chi connectivity index (χ3n) is 8.01. The highest BCUT2D eigenvalue weighted by Crippen LogP contribution is 2.40. The number of aryl methyl sites for hydroxylation is 1. The van der Waals surface area contributed by atoms with E-state index in [1.54, 1.807) is 13.0 Å². The van der Waals surface area contributed by atoms with Gasteiger partial charge in [0.2, 0.25) is 5.82 Å². The summed E-state index contributed by atoms with van der Waals surface area (Å²) < 4.78 is 62.3. The van der Waals surface area contributed by atoms with Crippen LogP contribution in [0.4, 0.5) is 29.2 Å². The van der Waals surface area contributed by atoms with Gasteiger partial charge in [-0.05, 0) is 74.9 Å². The Labute approximate surface area is 247 Å². The second-order valence-corrected chi connectivity index (χ2v) is 12.1. The molecule has 0 spiro atoms. The van der Waals surface area contributed by atoms with Gasteiger partial charge in [0.05, 0.1) is 17.4 Å². The molecule has 0 amide bonds. The normalized spacial score (nSPS) is 22.1. The molecule has 0 saturated carbocycles. The molecule has 0 radical (unpaired) electrons. The molecule has 0 bridgehead atoms. The lowest BCUT2D eigenvalue weighted by atomic mass is 10.0. The van der Waals surface area contributed by atoms with Crippen molar-refractivity contribution in [2.75, 3.05) is 43.0 Å². The molecule has 0 aliphatic carbocycles. The fraction of sp³-hybridized carbons (Fsp3) is 0.552. The van der Waals surface area contributed by atoms with Crippen molar-refractivity contribution in [1.82, 2.24) is 20.2 Å². The first-order valence-corrected chi connectivity index (χ1v) is 15.2. The molecule has 2 N–H and O–H groups in total. The Morgan fingerprint density at radius 3 is 2.67 bits per heavy atom. The molecule has 1 aromatic carbocycles. The molecule has 4 heterocycles. The summed E-state index contributed by atoms with van der Waals surface area (Å²) >= 11 is 1.43. The molecule has 2 unspecified atom stereocenters. The third kappa shape index (κ3) is 7.00. The number of ether oxygens (including phenoxy) is 1. The van der Waals surface area contributed by atoms with Crippen LogP contribution in [0.3, 0.4) is 0 Å². The smallest absolute Gasteiger partial charge is 0.371 e. The van der Waals surface area contributed by atoms with E-state index in [0.717, 1.165) is 43.1 Å². The zero-order valence-electron chi connectivity index (χ0n) is 23.7. The van der Waals surface area contributed by atoms with Gasteiger partial charge in [-0.1, -0.05) is 18.7 Å². The topological polar surface area (TPSA) is 82.6 Å². The number of thioether (sulfide) groups is 1. The molecule has 228 valence electrons. The molecule has 1 aromatic heterocycles. The number of rotatable bonds is 10. The second kappa shape index (κ2) is 13.2. The highest BCUT2D eigenvalue weighted by Gasteiger charge is 2.35. The summed E-state index contributed by atoms with van der Waals surface area (Å²) in [6.45, 7) is 6.41. The van der Waals surface area contributed by atoms with E-state index in [1.807, 2.05) is 4.90 Å². The van der Waals surface area contributed by atoms with E-state index in [2.05, 4.69) is 32.4 Å². The number of piperidine rings is 1. The number of hydrogen-bond acceptors (Lipinski definition) is 9. The number of nitrogens with one attached hydrogen (secondary N) is 2. The van der Waals surface area contributed by atoms with Crippen LogP contribution in [-0.4, -0.2) is 71.6 Å². The number of hydrogen-bond donors (Lipinski definition) is 2. The number of halogens is 4. The Bertz CT molecular complexity index is 1300. The monoisotopic (exact) mass is 608 g/mol. The predicted octanol–water partition coefficient (Wildman–Crippen LogP) is 5.40. The number of anilines is 2. The lowest BCUT2D eigenvalue weighted by molar-refractivity contribution is -0.137.